The highest BCUT2D eigenvalue weighted by Crippen LogP contribution is 2.39. The lowest BCUT2D eigenvalue weighted by Crippen LogP contribution is -2.51. The van der Waals surface area contributed by atoms with Crippen molar-refractivity contribution in [1.82, 2.24) is 0 Å². The molecule has 2 atom stereocenters. The van der Waals surface area contributed by atoms with E-state index in [1.807, 2.05) is 0 Å². The van der Waals surface area contributed by atoms with E-state index in [0.717, 1.165) is 12.8 Å². The van der Waals surface area contributed by atoms with Crippen LogP contribution >= 0.6 is 0 Å². The van der Waals surface area contributed by atoms with Gasteiger partial charge in [-0.1, -0.05) is 27.0 Å². The topological polar surface area (TPSA) is 52.6 Å². The lowest BCUT2D eigenvalue weighted by Gasteiger charge is -2.43. The van der Waals surface area contributed by atoms with Crippen molar-refractivity contribution in [2.45, 2.75) is 71.5 Å². The lowest BCUT2D eigenvalue weighted by atomic mass is 9.76. The highest BCUT2D eigenvalue weighted by atomic mass is 16.6. The maximum atomic E-state index is 12.1. The van der Waals surface area contributed by atoms with Gasteiger partial charge in [-0.25, -0.2) is 9.59 Å². The first-order chi connectivity index (χ1) is 10.2. The Hall–Kier alpha value is -1.58. The molecule has 4 heteroatoms. The van der Waals surface area contributed by atoms with E-state index in [9.17, 15) is 9.59 Å². The predicted octanol–water partition coefficient (Wildman–Crippen LogP) is 3.95. The molecule has 0 aromatic heterocycles. The molecule has 1 rings (SSSR count). The first-order valence-electron chi connectivity index (χ1n) is 7.93. The molecule has 22 heavy (non-hydrogen) atoms. The fraction of sp³-hybridized carbons (Fsp3) is 0.667. The second kappa shape index (κ2) is 7.61. The molecule has 0 saturated heterocycles. The summed E-state index contributed by atoms with van der Waals surface area (Å²) < 4.78 is 11.4. The molecule has 0 bridgehead atoms. The van der Waals surface area contributed by atoms with Gasteiger partial charge >= 0.3 is 11.9 Å². The minimum absolute atomic E-state index is 0.321. The molecule has 0 aliphatic heterocycles. The Bertz CT molecular complexity index is 464. The number of hydrogen-bond acceptors (Lipinski definition) is 4. The van der Waals surface area contributed by atoms with Crippen molar-refractivity contribution in [3.8, 4) is 0 Å². The molecule has 0 spiro atoms. The normalized spacial score (nSPS) is 24.7. The fourth-order valence-corrected chi connectivity index (χ4v) is 2.93. The van der Waals surface area contributed by atoms with E-state index in [1.54, 1.807) is 13.8 Å². The van der Waals surface area contributed by atoms with E-state index < -0.39 is 23.6 Å². The quantitative estimate of drug-likeness (QED) is 0.550. The van der Waals surface area contributed by atoms with Gasteiger partial charge in [-0.05, 0) is 51.9 Å². The highest BCUT2D eigenvalue weighted by Gasteiger charge is 2.47. The van der Waals surface area contributed by atoms with Gasteiger partial charge in [0.2, 0.25) is 0 Å². The van der Waals surface area contributed by atoms with Crippen LogP contribution in [0.25, 0.3) is 0 Å². The SMILES string of the molecule is C=C(C)C(=O)OC1CCCCC1(CC(C)C)OC(=O)C(=C)C. The molecule has 0 radical (unpaired) electrons. The molecule has 1 aliphatic carbocycles. The van der Waals surface area contributed by atoms with Crippen LogP contribution in [0.1, 0.15) is 59.8 Å². The monoisotopic (exact) mass is 308 g/mol. The first-order valence-corrected chi connectivity index (χ1v) is 7.93. The van der Waals surface area contributed by atoms with Gasteiger partial charge < -0.3 is 9.47 Å². The molecular weight excluding hydrogens is 280 g/mol. The minimum atomic E-state index is -0.756. The van der Waals surface area contributed by atoms with Crippen LogP contribution < -0.4 is 0 Å². The van der Waals surface area contributed by atoms with Crippen LogP contribution in [0, 0.1) is 5.92 Å². The average Bonchev–Trinajstić information content (AvgIpc) is 2.40. The molecule has 124 valence electrons. The van der Waals surface area contributed by atoms with E-state index >= 15 is 0 Å². The summed E-state index contributed by atoms with van der Waals surface area (Å²) in [6, 6.07) is 0. The molecular formula is C18H28O4. The number of carbonyl (C=O) groups excluding carboxylic acids is 2. The number of hydrogen-bond donors (Lipinski definition) is 0. The van der Waals surface area contributed by atoms with E-state index in [-0.39, 0.29) is 0 Å². The summed E-state index contributed by atoms with van der Waals surface area (Å²) in [4.78, 5) is 24.0. The Morgan fingerprint density at radius 1 is 1.14 bits per heavy atom. The number of rotatable bonds is 6. The summed E-state index contributed by atoms with van der Waals surface area (Å²) in [5.41, 5.74) is -0.0398. The molecule has 4 nitrogen and oxygen atoms in total. The lowest BCUT2D eigenvalue weighted by molar-refractivity contribution is -0.192. The Morgan fingerprint density at radius 2 is 1.73 bits per heavy atom. The molecule has 0 aromatic rings. The van der Waals surface area contributed by atoms with Crippen LogP contribution in [0.3, 0.4) is 0 Å². The van der Waals surface area contributed by atoms with Crippen LogP contribution in [0.4, 0.5) is 0 Å². The maximum Gasteiger partial charge on any atom is 0.333 e. The third-order valence-electron chi connectivity index (χ3n) is 3.90. The van der Waals surface area contributed by atoms with Crippen LogP contribution in [-0.4, -0.2) is 23.6 Å². The van der Waals surface area contributed by atoms with Gasteiger partial charge in [0.15, 0.2) is 0 Å². The van der Waals surface area contributed by atoms with Crippen LogP contribution in [-0.2, 0) is 19.1 Å². The fourth-order valence-electron chi connectivity index (χ4n) is 2.93. The van der Waals surface area contributed by atoms with Crippen LogP contribution in [0.15, 0.2) is 24.3 Å². The van der Waals surface area contributed by atoms with Gasteiger partial charge in [-0.2, -0.15) is 0 Å². The average molecular weight is 308 g/mol. The molecule has 1 fully saturated rings. The number of ether oxygens (including phenoxy) is 2. The Kier molecular flexibility index (Phi) is 6.39. The second-order valence-electron chi connectivity index (χ2n) is 6.75. The summed E-state index contributed by atoms with van der Waals surface area (Å²) in [5, 5.41) is 0. The number of carbonyl (C=O) groups is 2. The van der Waals surface area contributed by atoms with Crippen molar-refractivity contribution >= 4 is 11.9 Å². The molecule has 2 unspecified atom stereocenters. The van der Waals surface area contributed by atoms with Crippen molar-refractivity contribution in [2.75, 3.05) is 0 Å². The van der Waals surface area contributed by atoms with E-state index in [4.69, 9.17) is 9.47 Å². The summed E-state index contributed by atoms with van der Waals surface area (Å²) in [5.74, 6) is -0.521. The minimum Gasteiger partial charge on any atom is -0.455 e. The summed E-state index contributed by atoms with van der Waals surface area (Å²) in [6.07, 6.45) is 3.57. The largest absolute Gasteiger partial charge is 0.455 e. The van der Waals surface area contributed by atoms with Crippen molar-refractivity contribution in [3.63, 3.8) is 0 Å². The summed E-state index contributed by atoms with van der Waals surface area (Å²) in [6.45, 7) is 14.7. The zero-order chi connectivity index (χ0) is 16.9. The van der Waals surface area contributed by atoms with Gasteiger partial charge in [0, 0.05) is 11.1 Å². The molecule has 1 saturated carbocycles. The van der Waals surface area contributed by atoms with Gasteiger partial charge in [0.1, 0.15) is 11.7 Å². The van der Waals surface area contributed by atoms with Crippen molar-refractivity contribution in [1.29, 1.82) is 0 Å². The Labute approximate surface area is 133 Å². The van der Waals surface area contributed by atoms with Crippen LogP contribution in [0.2, 0.25) is 0 Å². The van der Waals surface area contributed by atoms with Crippen molar-refractivity contribution in [2.24, 2.45) is 5.92 Å². The Morgan fingerprint density at radius 3 is 2.23 bits per heavy atom. The van der Waals surface area contributed by atoms with Crippen LogP contribution in [0.5, 0.6) is 0 Å². The first kappa shape index (κ1) is 18.5. The third kappa shape index (κ3) is 4.72. The van der Waals surface area contributed by atoms with E-state index in [1.165, 1.54) is 0 Å². The number of esters is 2. The molecule has 0 aromatic carbocycles. The zero-order valence-electron chi connectivity index (χ0n) is 14.2. The molecule has 0 heterocycles. The second-order valence-corrected chi connectivity index (χ2v) is 6.75. The summed E-state index contributed by atoms with van der Waals surface area (Å²) in [7, 11) is 0. The summed E-state index contributed by atoms with van der Waals surface area (Å²) >= 11 is 0. The van der Waals surface area contributed by atoms with Gasteiger partial charge in [-0.15, -0.1) is 0 Å². The molecule has 0 N–H and O–H groups in total. The van der Waals surface area contributed by atoms with Crippen molar-refractivity contribution in [3.05, 3.63) is 24.3 Å². The third-order valence-corrected chi connectivity index (χ3v) is 3.90. The Balaban J connectivity index is 3.05. The zero-order valence-corrected chi connectivity index (χ0v) is 14.2. The predicted molar refractivity (Wildman–Crippen MR) is 86.3 cm³/mol. The smallest absolute Gasteiger partial charge is 0.333 e. The van der Waals surface area contributed by atoms with Gasteiger partial charge in [0.25, 0.3) is 0 Å². The highest BCUT2D eigenvalue weighted by molar-refractivity contribution is 5.88. The maximum absolute atomic E-state index is 12.1. The van der Waals surface area contributed by atoms with Gasteiger partial charge in [0.05, 0.1) is 0 Å². The van der Waals surface area contributed by atoms with Crippen molar-refractivity contribution < 1.29 is 19.1 Å². The molecule has 1 aliphatic rings. The van der Waals surface area contributed by atoms with Gasteiger partial charge in [-0.3, -0.25) is 0 Å². The van der Waals surface area contributed by atoms with E-state index in [2.05, 4.69) is 27.0 Å². The van der Waals surface area contributed by atoms with E-state index in [0.29, 0.717) is 36.3 Å². The standard InChI is InChI=1S/C18H28O4/c1-12(2)11-18(22-17(20)14(5)6)10-8-7-9-15(18)21-16(19)13(3)4/h12,15H,3,5,7-11H2,1-2,4,6H3. The molecule has 0 amide bonds.